The van der Waals surface area contributed by atoms with E-state index in [0.717, 1.165) is 6.42 Å². The third-order valence-electron chi connectivity index (χ3n) is 4.15. The van der Waals surface area contributed by atoms with E-state index < -0.39 is 14.6 Å². The summed E-state index contributed by atoms with van der Waals surface area (Å²) >= 11 is 0. The predicted molar refractivity (Wildman–Crippen MR) is 82.0 cm³/mol. The van der Waals surface area contributed by atoms with Crippen molar-refractivity contribution in [3.8, 4) is 11.5 Å². The van der Waals surface area contributed by atoms with E-state index in [0.29, 0.717) is 24.3 Å². The van der Waals surface area contributed by atoms with Gasteiger partial charge in [-0.1, -0.05) is 11.2 Å². The first-order valence-corrected chi connectivity index (χ1v) is 9.13. The maximum atomic E-state index is 12.0. The van der Waals surface area contributed by atoms with Crippen LogP contribution in [0.4, 0.5) is 0 Å². The first-order chi connectivity index (χ1) is 10.9. The Balaban J connectivity index is 1.72. The van der Waals surface area contributed by atoms with Crippen LogP contribution in [0.5, 0.6) is 11.5 Å². The fourth-order valence-corrected chi connectivity index (χ4v) is 4.04. The lowest BCUT2D eigenvalue weighted by atomic mass is 9.83. The zero-order valence-electron chi connectivity index (χ0n) is 13.0. The molecule has 0 unspecified atom stereocenters. The molecule has 1 aliphatic carbocycles. The summed E-state index contributed by atoms with van der Waals surface area (Å²) in [6.07, 6.45) is 3.12. The highest BCUT2D eigenvalue weighted by molar-refractivity contribution is 7.91. The Morgan fingerprint density at radius 1 is 1.30 bits per heavy atom. The molecule has 124 valence electrons. The summed E-state index contributed by atoms with van der Waals surface area (Å²) in [4.78, 5) is 4.22. The van der Waals surface area contributed by atoms with E-state index in [9.17, 15) is 8.42 Å². The molecule has 1 heterocycles. The van der Waals surface area contributed by atoms with Gasteiger partial charge in [-0.05, 0) is 31.4 Å². The topological polar surface area (TPSA) is 91.5 Å². The van der Waals surface area contributed by atoms with Gasteiger partial charge in [0.1, 0.15) is 16.2 Å². The van der Waals surface area contributed by atoms with Crippen LogP contribution in [0, 0.1) is 0 Å². The molecule has 7 nitrogen and oxygen atoms in total. The maximum Gasteiger partial charge on any atom is 0.264 e. The van der Waals surface area contributed by atoms with Gasteiger partial charge >= 0.3 is 0 Å². The number of methoxy groups -OCH3 is 1. The molecule has 0 atom stereocenters. The highest BCUT2D eigenvalue weighted by Gasteiger charge is 2.51. The number of benzene rings is 1. The standard InChI is InChI=1S/C15H18N2O5S/c1-20-11-5-3-6-12(9-11)21-10-13-16-14(17-22-13)15(7-4-8-15)23(2,18)19/h3,5-6,9H,4,7-8,10H2,1-2H3. The van der Waals surface area contributed by atoms with Crippen molar-refractivity contribution in [3.05, 3.63) is 36.0 Å². The molecule has 0 bridgehead atoms. The Hall–Kier alpha value is -2.09. The van der Waals surface area contributed by atoms with Gasteiger partial charge in [0.05, 0.1) is 7.11 Å². The number of sulfone groups is 1. The molecule has 1 saturated carbocycles. The SMILES string of the molecule is COc1cccc(OCc2nc(C3(S(C)(=O)=O)CCC3)no2)c1. The Morgan fingerprint density at radius 2 is 2.04 bits per heavy atom. The van der Waals surface area contributed by atoms with Crippen LogP contribution in [0.3, 0.4) is 0 Å². The fourth-order valence-electron chi connectivity index (χ4n) is 2.59. The fraction of sp³-hybridized carbons (Fsp3) is 0.467. The van der Waals surface area contributed by atoms with Gasteiger partial charge in [0.15, 0.2) is 22.3 Å². The molecule has 0 radical (unpaired) electrons. The van der Waals surface area contributed by atoms with E-state index in [1.165, 1.54) is 6.26 Å². The largest absolute Gasteiger partial charge is 0.497 e. The zero-order valence-corrected chi connectivity index (χ0v) is 13.8. The molecule has 1 aromatic heterocycles. The second-order valence-corrected chi connectivity index (χ2v) is 7.93. The molecule has 0 amide bonds. The quantitative estimate of drug-likeness (QED) is 0.796. The summed E-state index contributed by atoms with van der Waals surface area (Å²) in [7, 11) is -1.71. The highest BCUT2D eigenvalue weighted by Crippen LogP contribution is 2.46. The minimum Gasteiger partial charge on any atom is -0.497 e. The Kier molecular flexibility index (Phi) is 4.01. The molecule has 0 N–H and O–H groups in total. The average molecular weight is 338 g/mol. The van der Waals surface area contributed by atoms with Crippen LogP contribution in [-0.2, 0) is 21.2 Å². The summed E-state index contributed by atoms with van der Waals surface area (Å²) < 4.78 is 38.9. The van der Waals surface area contributed by atoms with Crippen LogP contribution in [0.25, 0.3) is 0 Å². The molecule has 0 saturated heterocycles. The molecule has 1 fully saturated rings. The van der Waals surface area contributed by atoms with Gasteiger partial charge in [0.2, 0.25) is 0 Å². The van der Waals surface area contributed by atoms with Crippen molar-refractivity contribution in [2.75, 3.05) is 13.4 Å². The first kappa shape index (κ1) is 15.8. The average Bonchev–Trinajstić information content (AvgIpc) is 2.91. The lowest BCUT2D eigenvalue weighted by molar-refractivity contribution is 0.240. The number of hydrogen-bond acceptors (Lipinski definition) is 7. The molecular formula is C15H18N2O5S. The monoisotopic (exact) mass is 338 g/mol. The minimum absolute atomic E-state index is 0.0695. The van der Waals surface area contributed by atoms with Gasteiger partial charge in [-0.2, -0.15) is 4.98 Å². The zero-order chi connectivity index (χ0) is 16.5. The van der Waals surface area contributed by atoms with Crippen LogP contribution in [0.15, 0.2) is 28.8 Å². The van der Waals surface area contributed by atoms with Gasteiger partial charge in [-0.15, -0.1) is 0 Å². The predicted octanol–water partition coefficient (Wildman–Crippen LogP) is 2.08. The molecule has 0 spiro atoms. The number of aromatic nitrogens is 2. The van der Waals surface area contributed by atoms with Crippen LogP contribution in [-0.4, -0.2) is 31.9 Å². The van der Waals surface area contributed by atoms with Crippen molar-refractivity contribution in [3.63, 3.8) is 0 Å². The number of nitrogens with zero attached hydrogens (tertiary/aromatic N) is 2. The van der Waals surface area contributed by atoms with Crippen LogP contribution in [0.1, 0.15) is 31.0 Å². The van der Waals surface area contributed by atoms with Crippen LogP contribution in [0.2, 0.25) is 0 Å². The van der Waals surface area contributed by atoms with E-state index in [1.807, 2.05) is 6.07 Å². The maximum absolute atomic E-state index is 12.0. The van der Waals surface area contributed by atoms with Crippen molar-refractivity contribution >= 4 is 9.84 Å². The smallest absolute Gasteiger partial charge is 0.264 e. The van der Waals surface area contributed by atoms with E-state index in [-0.39, 0.29) is 18.3 Å². The van der Waals surface area contributed by atoms with E-state index in [1.54, 1.807) is 25.3 Å². The lowest BCUT2D eigenvalue weighted by Crippen LogP contribution is -2.42. The van der Waals surface area contributed by atoms with Crippen molar-refractivity contribution in [2.24, 2.45) is 0 Å². The van der Waals surface area contributed by atoms with Crippen molar-refractivity contribution in [2.45, 2.75) is 30.6 Å². The number of hydrogen-bond donors (Lipinski definition) is 0. The van der Waals surface area contributed by atoms with Crippen molar-refractivity contribution in [1.82, 2.24) is 10.1 Å². The van der Waals surface area contributed by atoms with Crippen LogP contribution >= 0.6 is 0 Å². The van der Waals surface area contributed by atoms with Crippen molar-refractivity contribution < 1.29 is 22.4 Å². The summed E-state index contributed by atoms with van der Waals surface area (Å²) in [5, 5.41) is 3.85. The lowest BCUT2D eigenvalue weighted by Gasteiger charge is -2.36. The third kappa shape index (κ3) is 2.90. The molecule has 1 aliphatic rings. The molecule has 8 heteroatoms. The van der Waals surface area contributed by atoms with Gasteiger partial charge in [0, 0.05) is 12.3 Å². The van der Waals surface area contributed by atoms with E-state index in [2.05, 4.69) is 10.1 Å². The summed E-state index contributed by atoms with van der Waals surface area (Å²) in [5.41, 5.74) is 0. The second-order valence-electron chi connectivity index (χ2n) is 5.60. The van der Waals surface area contributed by atoms with E-state index >= 15 is 0 Å². The first-order valence-electron chi connectivity index (χ1n) is 7.24. The minimum atomic E-state index is -3.29. The highest BCUT2D eigenvalue weighted by atomic mass is 32.2. The number of rotatable bonds is 6. The molecular weight excluding hydrogens is 320 g/mol. The molecule has 1 aromatic carbocycles. The Morgan fingerprint density at radius 3 is 2.65 bits per heavy atom. The Labute approximate surface area is 134 Å². The Bertz CT molecular complexity index is 796. The normalized spacial score (nSPS) is 16.6. The summed E-state index contributed by atoms with van der Waals surface area (Å²) in [5.74, 6) is 1.76. The summed E-state index contributed by atoms with van der Waals surface area (Å²) in [6, 6.07) is 7.13. The van der Waals surface area contributed by atoms with E-state index in [4.69, 9.17) is 14.0 Å². The van der Waals surface area contributed by atoms with Crippen molar-refractivity contribution in [1.29, 1.82) is 0 Å². The summed E-state index contributed by atoms with van der Waals surface area (Å²) in [6.45, 7) is 0.0695. The van der Waals surface area contributed by atoms with Gasteiger partial charge < -0.3 is 14.0 Å². The molecule has 23 heavy (non-hydrogen) atoms. The van der Waals surface area contributed by atoms with Gasteiger partial charge in [0.25, 0.3) is 5.89 Å². The second kappa shape index (κ2) is 5.84. The molecule has 2 aromatic rings. The van der Waals surface area contributed by atoms with Crippen LogP contribution < -0.4 is 9.47 Å². The molecule has 3 rings (SSSR count). The van der Waals surface area contributed by atoms with Gasteiger partial charge in [-0.3, -0.25) is 0 Å². The molecule has 0 aliphatic heterocycles. The van der Waals surface area contributed by atoms with Gasteiger partial charge in [-0.25, -0.2) is 8.42 Å². The number of ether oxygens (including phenoxy) is 2. The third-order valence-corrected chi connectivity index (χ3v) is 6.16.